The molecule has 0 saturated heterocycles. The molecular weight excluding hydrogens is 208 g/mol. The Morgan fingerprint density at radius 1 is 1.38 bits per heavy atom. The van der Waals surface area contributed by atoms with E-state index in [1.54, 1.807) is 24.3 Å². The number of carboxylic acid groups (broad SMARTS) is 1. The van der Waals surface area contributed by atoms with Crippen LogP contribution in [0.2, 0.25) is 0 Å². The summed E-state index contributed by atoms with van der Waals surface area (Å²) in [6.07, 6.45) is 1.51. The van der Waals surface area contributed by atoms with Crippen LogP contribution in [-0.4, -0.2) is 18.2 Å². The molecule has 82 valence electrons. The first-order valence-corrected chi connectivity index (χ1v) is 4.67. The topological polar surface area (TPSA) is 59.7 Å². The first kappa shape index (κ1) is 10.3. The van der Waals surface area contributed by atoms with E-state index in [9.17, 15) is 4.79 Å². The molecule has 1 aromatic heterocycles. The van der Waals surface area contributed by atoms with Gasteiger partial charge in [-0.15, -0.1) is 0 Å². The zero-order valence-corrected chi connectivity index (χ0v) is 8.64. The van der Waals surface area contributed by atoms with E-state index in [2.05, 4.69) is 0 Å². The fraction of sp³-hybridized carbons (Fsp3) is 0.0833. The molecule has 16 heavy (non-hydrogen) atoms. The van der Waals surface area contributed by atoms with E-state index >= 15 is 0 Å². The van der Waals surface area contributed by atoms with E-state index < -0.39 is 5.97 Å². The average molecular weight is 218 g/mol. The molecule has 0 unspecified atom stereocenters. The second kappa shape index (κ2) is 4.10. The molecule has 0 fully saturated rings. The lowest BCUT2D eigenvalue weighted by Crippen LogP contribution is -1.99. The first-order valence-electron chi connectivity index (χ1n) is 4.67. The number of carboxylic acids is 1. The Bertz CT molecular complexity index is 500. The van der Waals surface area contributed by atoms with Crippen LogP contribution in [0.15, 0.2) is 41.0 Å². The molecule has 1 heterocycles. The van der Waals surface area contributed by atoms with Gasteiger partial charge in [-0.3, -0.25) is 0 Å². The van der Waals surface area contributed by atoms with Gasteiger partial charge in [-0.2, -0.15) is 0 Å². The number of hydrogen-bond acceptors (Lipinski definition) is 3. The maximum absolute atomic E-state index is 11.1. The molecule has 0 aliphatic rings. The van der Waals surface area contributed by atoms with Crippen LogP contribution >= 0.6 is 0 Å². The van der Waals surface area contributed by atoms with Crippen LogP contribution < -0.4 is 4.74 Å². The lowest BCUT2D eigenvalue weighted by molar-refractivity contribution is 0.0697. The highest BCUT2D eigenvalue weighted by Crippen LogP contribution is 2.27. The largest absolute Gasteiger partial charge is 0.497 e. The SMILES string of the molecule is COc1ccc(-c2ccco2)c(C(=O)O)c1. The van der Waals surface area contributed by atoms with Crippen LogP contribution in [0.4, 0.5) is 0 Å². The summed E-state index contributed by atoms with van der Waals surface area (Å²) in [7, 11) is 1.49. The molecule has 0 atom stereocenters. The van der Waals surface area contributed by atoms with E-state index in [1.807, 2.05) is 0 Å². The average Bonchev–Trinajstić information content (AvgIpc) is 2.81. The lowest BCUT2D eigenvalue weighted by Gasteiger charge is -2.05. The highest BCUT2D eigenvalue weighted by Gasteiger charge is 2.14. The summed E-state index contributed by atoms with van der Waals surface area (Å²) >= 11 is 0. The van der Waals surface area contributed by atoms with Crippen molar-refractivity contribution in [3.63, 3.8) is 0 Å². The number of hydrogen-bond donors (Lipinski definition) is 1. The summed E-state index contributed by atoms with van der Waals surface area (Å²) in [5.41, 5.74) is 0.701. The van der Waals surface area contributed by atoms with Crippen molar-refractivity contribution in [2.24, 2.45) is 0 Å². The van der Waals surface area contributed by atoms with E-state index in [0.717, 1.165) is 0 Å². The van der Waals surface area contributed by atoms with Gasteiger partial charge in [-0.05, 0) is 30.3 Å². The maximum Gasteiger partial charge on any atom is 0.336 e. The monoisotopic (exact) mass is 218 g/mol. The van der Waals surface area contributed by atoms with Crippen LogP contribution in [0, 0.1) is 0 Å². The molecule has 4 nitrogen and oxygen atoms in total. The minimum Gasteiger partial charge on any atom is -0.497 e. The lowest BCUT2D eigenvalue weighted by atomic mass is 10.1. The number of aromatic carboxylic acids is 1. The van der Waals surface area contributed by atoms with E-state index in [0.29, 0.717) is 17.1 Å². The molecule has 4 heteroatoms. The summed E-state index contributed by atoms with van der Waals surface area (Å²) in [6, 6.07) is 8.27. The van der Waals surface area contributed by atoms with Gasteiger partial charge in [0.05, 0.1) is 18.9 Å². The van der Waals surface area contributed by atoms with Crippen molar-refractivity contribution in [3.8, 4) is 17.1 Å². The molecule has 0 saturated carbocycles. The van der Waals surface area contributed by atoms with Crippen molar-refractivity contribution < 1.29 is 19.1 Å². The van der Waals surface area contributed by atoms with E-state index in [-0.39, 0.29) is 5.56 Å². The van der Waals surface area contributed by atoms with Gasteiger partial charge in [0.25, 0.3) is 0 Å². The highest BCUT2D eigenvalue weighted by molar-refractivity contribution is 5.95. The first-order chi connectivity index (χ1) is 7.72. The minimum atomic E-state index is -1.01. The number of furan rings is 1. The van der Waals surface area contributed by atoms with Crippen molar-refractivity contribution >= 4 is 5.97 Å². The van der Waals surface area contributed by atoms with Crippen molar-refractivity contribution in [1.29, 1.82) is 0 Å². The van der Waals surface area contributed by atoms with Gasteiger partial charge < -0.3 is 14.3 Å². The summed E-state index contributed by atoms with van der Waals surface area (Å²) in [5.74, 6) is 0.0260. The molecule has 2 aromatic rings. The summed E-state index contributed by atoms with van der Waals surface area (Å²) in [4.78, 5) is 11.1. The molecule has 1 N–H and O–H groups in total. The number of benzene rings is 1. The van der Waals surface area contributed by atoms with Crippen LogP contribution in [0.5, 0.6) is 5.75 Å². The van der Waals surface area contributed by atoms with Crippen molar-refractivity contribution in [3.05, 3.63) is 42.2 Å². The zero-order chi connectivity index (χ0) is 11.5. The summed E-state index contributed by atoms with van der Waals surface area (Å²) in [5, 5.41) is 9.09. The van der Waals surface area contributed by atoms with Gasteiger partial charge in [0, 0.05) is 5.56 Å². The molecule has 1 aromatic carbocycles. The molecule has 0 aliphatic heterocycles. The van der Waals surface area contributed by atoms with Gasteiger partial charge in [-0.1, -0.05) is 0 Å². The molecule has 0 aliphatic carbocycles. The number of rotatable bonds is 3. The Morgan fingerprint density at radius 3 is 2.75 bits per heavy atom. The minimum absolute atomic E-state index is 0.161. The van der Waals surface area contributed by atoms with E-state index in [1.165, 1.54) is 19.4 Å². The molecule has 0 spiro atoms. The van der Waals surface area contributed by atoms with Gasteiger partial charge in [0.2, 0.25) is 0 Å². The Hall–Kier alpha value is -2.23. The normalized spacial score (nSPS) is 10.1. The van der Waals surface area contributed by atoms with Crippen LogP contribution in [-0.2, 0) is 0 Å². The van der Waals surface area contributed by atoms with Crippen molar-refractivity contribution in [2.75, 3.05) is 7.11 Å². The quantitative estimate of drug-likeness (QED) is 0.860. The van der Waals surface area contributed by atoms with Gasteiger partial charge in [-0.25, -0.2) is 4.79 Å². The fourth-order valence-corrected chi connectivity index (χ4v) is 1.47. The second-order valence-corrected chi connectivity index (χ2v) is 3.19. The second-order valence-electron chi connectivity index (χ2n) is 3.19. The predicted molar refractivity (Wildman–Crippen MR) is 57.7 cm³/mol. The Kier molecular flexibility index (Phi) is 2.64. The van der Waals surface area contributed by atoms with Crippen molar-refractivity contribution in [1.82, 2.24) is 0 Å². The third-order valence-corrected chi connectivity index (χ3v) is 2.24. The number of carbonyl (C=O) groups is 1. The molecule has 2 rings (SSSR count). The standard InChI is InChI=1S/C12H10O4/c1-15-8-4-5-9(10(7-8)12(13)14)11-3-2-6-16-11/h2-7H,1H3,(H,13,14). The highest BCUT2D eigenvalue weighted by atomic mass is 16.5. The Morgan fingerprint density at radius 2 is 2.19 bits per heavy atom. The van der Waals surface area contributed by atoms with Crippen molar-refractivity contribution in [2.45, 2.75) is 0 Å². The summed E-state index contributed by atoms with van der Waals surface area (Å²) in [6.45, 7) is 0. The van der Waals surface area contributed by atoms with E-state index in [4.69, 9.17) is 14.3 Å². The summed E-state index contributed by atoms with van der Waals surface area (Å²) < 4.78 is 10.2. The fourth-order valence-electron chi connectivity index (χ4n) is 1.47. The smallest absolute Gasteiger partial charge is 0.336 e. The predicted octanol–water partition coefficient (Wildman–Crippen LogP) is 2.65. The number of ether oxygens (including phenoxy) is 1. The van der Waals surface area contributed by atoms with Crippen LogP contribution in [0.25, 0.3) is 11.3 Å². The van der Waals surface area contributed by atoms with Gasteiger partial charge in [0.1, 0.15) is 11.5 Å². The van der Waals surface area contributed by atoms with Gasteiger partial charge in [0.15, 0.2) is 0 Å². The van der Waals surface area contributed by atoms with Crippen LogP contribution in [0.1, 0.15) is 10.4 Å². The molecule has 0 bridgehead atoms. The molecular formula is C12H10O4. The van der Waals surface area contributed by atoms with Crippen LogP contribution in [0.3, 0.4) is 0 Å². The zero-order valence-electron chi connectivity index (χ0n) is 8.64. The maximum atomic E-state index is 11.1. The Balaban J connectivity index is 2.57. The third-order valence-electron chi connectivity index (χ3n) is 2.24. The third kappa shape index (κ3) is 1.77. The Labute approximate surface area is 92.1 Å². The molecule has 0 radical (unpaired) electrons. The van der Waals surface area contributed by atoms with Gasteiger partial charge >= 0.3 is 5.97 Å². The molecule has 0 amide bonds. The number of methoxy groups -OCH3 is 1.